The molecule has 0 heterocycles. The Morgan fingerprint density at radius 2 is 1.34 bits per heavy atom. The van der Waals surface area contributed by atoms with Crippen LogP contribution in [0.2, 0.25) is 0 Å². The van der Waals surface area contributed by atoms with Gasteiger partial charge < -0.3 is 44.0 Å². The summed E-state index contributed by atoms with van der Waals surface area (Å²) >= 11 is 0. The lowest BCUT2D eigenvalue weighted by molar-refractivity contribution is -0.143. The van der Waals surface area contributed by atoms with Crippen molar-refractivity contribution in [1.29, 1.82) is 0 Å². The summed E-state index contributed by atoms with van der Waals surface area (Å²) in [6.45, 7) is 6.89. The zero-order valence-electron chi connectivity index (χ0n) is 20.7. The number of rotatable bonds is 16. The third kappa shape index (κ3) is 12.6. The molecule has 4 amide bonds. The van der Waals surface area contributed by atoms with Gasteiger partial charge in [-0.3, -0.25) is 24.2 Å². The fourth-order valence-electron chi connectivity index (χ4n) is 3.03. The summed E-state index contributed by atoms with van der Waals surface area (Å²) in [7, 11) is 0. The molecule has 14 heteroatoms. The molecule has 0 aliphatic carbocycles. The maximum atomic E-state index is 13.0. The molecule has 12 N–H and O–H groups in total. The normalized spacial score (nSPS) is 14.4. The van der Waals surface area contributed by atoms with Gasteiger partial charge in [0.25, 0.3) is 0 Å². The maximum Gasteiger partial charge on any atom is 0.326 e. The molecule has 200 valence electrons. The van der Waals surface area contributed by atoms with Gasteiger partial charge in [-0.25, -0.2) is 4.79 Å². The highest BCUT2D eigenvalue weighted by atomic mass is 16.4. The summed E-state index contributed by atoms with van der Waals surface area (Å²) in [6, 6.07) is -4.42. The van der Waals surface area contributed by atoms with Crippen LogP contribution in [0, 0.1) is 11.8 Å². The molecule has 0 aliphatic heterocycles. The number of nitrogens with two attached hydrogens (primary N) is 4. The molecular formula is C21H40N8O6. The van der Waals surface area contributed by atoms with Crippen molar-refractivity contribution in [3.8, 4) is 0 Å². The summed E-state index contributed by atoms with van der Waals surface area (Å²) in [6.07, 6.45) is 0.336. The van der Waals surface area contributed by atoms with E-state index in [1.165, 1.54) is 0 Å². The van der Waals surface area contributed by atoms with E-state index in [1.54, 1.807) is 27.7 Å². The minimum absolute atomic E-state index is 0.0717. The van der Waals surface area contributed by atoms with E-state index in [2.05, 4.69) is 20.9 Å². The smallest absolute Gasteiger partial charge is 0.326 e. The van der Waals surface area contributed by atoms with Crippen LogP contribution in [-0.4, -0.2) is 71.4 Å². The second-order valence-corrected chi connectivity index (χ2v) is 8.92. The molecule has 0 fully saturated rings. The van der Waals surface area contributed by atoms with Crippen LogP contribution in [0.1, 0.15) is 53.4 Å². The fraction of sp³-hybridized carbons (Fsp3) is 0.714. The van der Waals surface area contributed by atoms with E-state index >= 15 is 0 Å². The summed E-state index contributed by atoms with van der Waals surface area (Å²) < 4.78 is 0. The van der Waals surface area contributed by atoms with Crippen molar-refractivity contribution >= 4 is 35.6 Å². The molecule has 0 aromatic rings. The molecule has 0 saturated heterocycles. The number of carboxylic acids is 1. The summed E-state index contributed by atoms with van der Waals surface area (Å²) in [5.74, 6) is -4.88. The first-order valence-corrected chi connectivity index (χ1v) is 11.4. The Kier molecular flexibility index (Phi) is 14.0. The van der Waals surface area contributed by atoms with Gasteiger partial charge in [0, 0.05) is 13.0 Å². The maximum absolute atomic E-state index is 13.0. The number of guanidine groups is 1. The van der Waals surface area contributed by atoms with Gasteiger partial charge >= 0.3 is 5.97 Å². The molecule has 0 bridgehead atoms. The van der Waals surface area contributed by atoms with Crippen molar-refractivity contribution in [3.05, 3.63) is 0 Å². The lowest BCUT2D eigenvalue weighted by atomic mass is 10.0. The summed E-state index contributed by atoms with van der Waals surface area (Å²) in [5.41, 5.74) is 21.6. The van der Waals surface area contributed by atoms with Gasteiger partial charge in [0.2, 0.25) is 23.6 Å². The van der Waals surface area contributed by atoms with Crippen LogP contribution in [0.15, 0.2) is 4.99 Å². The molecule has 0 aliphatic rings. The number of nitrogens with zero attached hydrogens (tertiary/aromatic N) is 1. The van der Waals surface area contributed by atoms with E-state index in [1.807, 2.05) is 0 Å². The summed E-state index contributed by atoms with van der Waals surface area (Å²) in [5, 5.41) is 16.8. The lowest BCUT2D eigenvalue weighted by Gasteiger charge is -2.27. The fourth-order valence-corrected chi connectivity index (χ4v) is 3.03. The molecule has 14 nitrogen and oxygen atoms in total. The number of primary amides is 1. The van der Waals surface area contributed by atoms with E-state index in [-0.39, 0.29) is 31.1 Å². The first-order chi connectivity index (χ1) is 16.2. The Bertz CT molecular complexity index is 782. The highest BCUT2D eigenvalue weighted by Gasteiger charge is 2.32. The second kappa shape index (κ2) is 15.5. The van der Waals surface area contributed by atoms with Gasteiger partial charge in [0.1, 0.15) is 18.1 Å². The Balaban J connectivity index is 5.37. The molecule has 0 aromatic heterocycles. The van der Waals surface area contributed by atoms with E-state index < -0.39 is 59.7 Å². The van der Waals surface area contributed by atoms with Gasteiger partial charge in [0.15, 0.2) is 5.96 Å². The van der Waals surface area contributed by atoms with Gasteiger partial charge in [-0.15, -0.1) is 0 Å². The van der Waals surface area contributed by atoms with Gasteiger partial charge in [-0.05, 0) is 31.1 Å². The Morgan fingerprint density at radius 1 is 0.800 bits per heavy atom. The van der Waals surface area contributed by atoms with Crippen molar-refractivity contribution in [1.82, 2.24) is 16.0 Å². The second-order valence-electron chi connectivity index (χ2n) is 8.92. The van der Waals surface area contributed by atoms with E-state index in [9.17, 15) is 29.1 Å². The van der Waals surface area contributed by atoms with Crippen LogP contribution in [0.3, 0.4) is 0 Å². The highest BCUT2D eigenvalue weighted by molar-refractivity contribution is 5.94. The monoisotopic (exact) mass is 500 g/mol. The molecule has 0 saturated carbocycles. The SMILES string of the molecule is CC(C)C(NC(=O)C(CCC(N)=O)NC(=O)C(NC(=O)C(N)CCCN=C(N)N)C(C)C)C(=O)O. The minimum Gasteiger partial charge on any atom is -0.480 e. The van der Waals surface area contributed by atoms with Crippen molar-refractivity contribution in [2.45, 2.75) is 77.5 Å². The van der Waals surface area contributed by atoms with Crippen molar-refractivity contribution in [3.63, 3.8) is 0 Å². The van der Waals surface area contributed by atoms with Crippen molar-refractivity contribution in [2.75, 3.05) is 6.54 Å². The van der Waals surface area contributed by atoms with Crippen LogP contribution < -0.4 is 38.9 Å². The zero-order chi connectivity index (χ0) is 27.3. The van der Waals surface area contributed by atoms with Crippen LogP contribution in [0.4, 0.5) is 0 Å². The Labute approximate surface area is 205 Å². The predicted molar refractivity (Wildman–Crippen MR) is 129 cm³/mol. The molecular weight excluding hydrogens is 460 g/mol. The third-order valence-electron chi connectivity index (χ3n) is 5.09. The quantitative estimate of drug-likeness (QED) is 0.0631. The highest BCUT2D eigenvalue weighted by Crippen LogP contribution is 2.08. The molecule has 0 aromatic carbocycles. The molecule has 35 heavy (non-hydrogen) atoms. The minimum atomic E-state index is -1.25. The van der Waals surface area contributed by atoms with Crippen molar-refractivity contribution in [2.24, 2.45) is 39.8 Å². The summed E-state index contributed by atoms with van der Waals surface area (Å²) in [4.78, 5) is 64.7. The van der Waals surface area contributed by atoms with Gasteiger partial charge in [0.05, 0.1) is 6.04 Å². The Morgan fingerprint density at radius 3 is 1.80 bits per heavy atom. The number of hydrogen-bond donors (Lipinski definition) is 8. The number of aliphatic imine (C=N–C) groups is 1. The molecule has 0 spiro atoms. The number of carboxylic acid groups (broad SMARTS) is 1. The van der Waals surface area contributed by atoms with Gasteiger partial charge in [-0.2, -0.15) is 0 Å². The Hall–Kier alpha value is -3.42. The van der Waals surface area contributed by atoms with Crippen LogP contribution in [-0.2, 0) is 24.0 Å². The standard InChI is InChI=1S/C21H40N8O6/c1-10(2)15(28-17(31)12(22)6-5-9-26-21(24)25)19(33)27-13(7-8-14(23)30)18(32)29-16(11(3)4)20(34)35/h10-13,15-16H,5-9,22H2,1-4H3,(H2,23,30)(H,27,33)(H,28,31)(H,29,32)(H,34,35)(H4,24,25,26). The van der Waals surface area contributed by atoms with Crippen LogP contribution in [0.25, 0.3) is 0 Å². The number of carbonyl (C=O) groups excluding carboxylic acids is 4. The average Bonchev–Trinajstić information content (AvgIpc) is 2.74. The lowest BCUT2D eigenvalue weighted by Crippen LogP contribution is -2.58. The molecule has 4 atom stereocenters. The molecule has 0 rings (SSSR count). The number of carbonyl (C=O) groups is 5. The molecule has 0 radical (unpaired) electrons. The van der Waals surface area contributed by atoms with Crippen LogP contribution in [0.5, 0.6) is 0 Å². The van der Waals surface area contributed by atoms with E-state index in [0.717, 1.165) is 0 Å². The number of nitrogens with one attached hydrogen (secondary N) is 3. The first-order valence-electron chi connectivity index (χ1n) is 11.4. The van der Waals surface area contributed by atoms with E-state index in [4.69, 9.17) is 22.9 Å². The van der Waals surface area contributed by atoms with Crippen LogP contribution >= 0.6 is 0 Å². The zero-order valence-corrected chi connectivity index (χ0v) is 20.7. The largest absolute Gasteiger partial charge is 0.480 e. The number of aliphatic carboxylic acids is 1. The average molecular weight is 501 g/mol. The number of amides is 4. The third-order valence-corrected chi connectivity index (χ3v) is 5.09. The van der Waals surface area contributed by atoms with Gasteiger partial charge in [-0.1, -0.05) is 27.7 Å². The topological polar surface area (TPSA) is 258 Å². The first kappa shape index (κ1) is 31.6. The molecule has 4 unspecified atom stereocenters. The predicted octanol–water partition coefficient (Wildman–Crippen LogP) is -2.52. The number of hydrogen-bond acceptors (Lipinski definition) is 7. The van der Waals surface area contributed by atoms with E-state index in [0.29, 0.717) is 13.0 Å². The van der Waals surface area contributed by atoms with Crippen molar-refractivity contribution < 1.29 is 29.1 Å².